The fourth-order valence-corrected chi connectivity index (χ4v) is 2.95. The van der Waals surface area contributed by atoms with E-state index in [1.165, 1.54) is 11.9 Å². The number of rotatable bonds is 4. The Morgan fingerprint density at radius 2 is 1.95 bits per heavy atom. The molecule has 0 saturated heterocycles. The van der Waals surface area contributed by atoms with E-state index in [9.17, 15) is 0 Å². The molecule has 0 aliphatic rings. The highest BCUT2D eigenvalue weighted by Crippen LogP contribution is 2.28. The van der Waals surface area contributed by atoms with Crippen LogP contribution in [0.5, 0.6) is 0 Å². The molecule has 21 heavy (non-hydrogen) atoms. The van der Waals surface area contributed by atoms with Crippen LogP contribution in [0.3, 0.4) is 0 Å². The zero-order valence-electron chi connectivity index (χ0n) is 12.4. The van der Waals surface area contributed by atoms with Gasteiger partial charge in [-0.25, -0.2) is 4.98 Å². The summed E-state index contributed by atoms with van der Waals surface area (Å²) in [6, 6.07) is 16.7. The van der Waals surface area contributed by atoms with Crippen LogP contribution in [0.4, 0.5) is 0 Å². The van der Waals surface area contributed by atoms with E-state index in [2.05, 4.69) is 70.7 Å². The number of hydrogen-bond donors (Lipinski definition) is 0. The molecule has 0 saturated carbocycles. The summed E-state index contributed by atoms with van der Waals surface area (Å²) < 4.78 is 3.44. The number of aromatic nitrogens is 2. The first-order valence-electron chi connectivity index (χ1n) is 7.40. The lowest BCUT2D eigenvalue weighted by atomic mass is 10.1. The fraction of sp³-hybridized carbons (Fsp3) is 0.278. The van der Waals surface area contributed by atoms with E-state index in [-0.39, 0.29) is 0 Å². The maximum atomic E-state index is 4.85. The van der Waals surface area contributed by atoms with Crippen LogP contribution in [0.1, 0.15) is 20.3 Å². The highest BCUT2D eigenvalue weighted by atomic mass is 79.9. The summed E-state index contributed by atoms with van der Waals surface area (Å²) in [5.41, 5.74) is 3.44. The predicted molar refractivity (Wildman–Crippen MR) is 92.3 cm³/mol. The lowest BCUT2D eigenvalue weighted by Crippen LogP contribution is -2.08. The highest BCUT2D eigenvalue weighted by molar-refractivity contribution is 9.10. The SMILES string of the molecule is CCC(C)Cn1c(-c2cccc(Br)c2)nc2ccccc21. The van der Waals surface area contributed by atoms with Gasteiger partial charge in [0.05, 0.1) is 11.0 Å². The van der Waals surface area contributed by atoms with Crippen LogP contribution >= 0.6 is 15.9 Å². The molecule has 108 valence electrons. The van der Waals surface area contributed by atoms with Gasteiger partial charge in [0.2, 0.25) is 0 Å². The quantitative estimate of drug-likeness (QED) is 0.611. The van der Waals surface area contributed by atoms with E-state index in [0.29, 0.717) is 5.92 Å². The largest absolute Gasteiger partial charge is 0.324 e. The van der Waals surface area contributed by atoms with E-state index < -0.39 is 0 Å². The first-order valence-corrected chi connectivity index (χ1v) is 8.19. The second kappa shape index (κ2) is 6.02. The van der Waals surface area contributed by atoms with Gasteiger partial charge in [0.25, 0.3) is 0 Å². The Balaban J connectivity index is 2.18. The second-order valence-electron chi connectivity index (χ2n) is 5.56. The van der Waals surface area contributed by atoms with Crippen LogP contribution < -0.4 is 0 Å². The second-order valence-corrected chi connectivity index (χ2v) is 6.47. The molecule has 0 amide bonds. The molecule has 0 spiro atoms. The van der Waals surface area contributed by atoms with Crippen molar-refractivity contribution in [2.24, 2.45) is 5.92 Å². The van der Waals surface area contributed by atoms with Crippen molar-refractivity contribution in [3.63, 3.8) is 0 Å². The van der Waals surface area contributed by atoms with Crippen LogP contribution in [0.2, 0.25) is 0 Å². The van der Waals surface area contributed by atoms with Crippen LogP contribution in [-0.2, 0) is 6.54 Å². The highest BCUT2D eigenvalue weighted by Gasteiger charge is 2.14. The molecule has 3 heteroatoms. The Morgan fingerprint density at radius 1 is 1.14 bits per heavy atom. The van der Waals surface area contributed by atoms with Crippen molar-refractivity contribution in [1.82, 2.24) is 9.55 Å². The smallest absolute Gasteiger partial charge is 0.141 e. The molecule has 1 unspecified atom stereocenters. The van der Waals surface area contributed by atoms with E-state index in [1.54, 1.807) is 0 Å². The maximum absolute atomic E-state index is 4.85. The van der Waals surface area contributed by atoms with Gasteiger partial charge in [0.15, 0.2) is 0 Å². The van der Waals surface area contributed by atoms with Gasteiger partial charge in [0.1, 0.15) is 5.82 Å². The lowest BCUT2D eigenvalue weighted by molar-refractivity contribution is 0.478. The molecule has 0 bridgehead atoms. The van der Waals surface area contributed by atoms with E-state index >= 15 is 0 Å². The minimum atomic E-state index is 0.633. The molecule has 0 N–H and O–H groups in total. The Bertz CT molecular complexity index is 761. The third-order valence-electron chi connectivity index (χ3n) is 3.93. The number of para-hydroxylation sites is 2. The monoisotopic (exact) mass is 342 g/mol. The normalized spacial score (nSPS) is 12.7. The summed E-state index contributed by atoms with van der Waals surface area (Å²) in [6.07, 6.45) is 1.17. The van der Waals surface area contributed by atoms with Crippen LogP contribution in [0, 0.1) is 5.92 Å². The first-order chi connectivity index (χ1) is 10.2. The Hall–Kier alpha value is -1.61. The van der Waals surface area contributed by atoms with E-state index in [1.807, 2.05) is 12.1 Å². The number of halogens is 1. The Morgan fingerprint density at radius 3 is 2.71 bits per heavy atom. The van der Waals surface area contributed by atoms with Gasteiger partial charge in [-0.15, -0.1) is 0 Å². The molecule has 0 fully saturated rings. The molecular weight excluding hydrogens is 324 g/mol. The van der Waals surface area contributed by atoms with Crippen LogP contribution in [0.15, 0.2) is 53.0 Å². The average molecular weight is 343 g/mol. The third-order valence-corrected chi connectivity index (χ3v) is 4.42. The van der Waals surface area contributed by atoms with Crippen molar-refractivity contribution < 1.29 is 0 Å². The van der Waals surface area contributed by atoms with Crippen molar-refractivity contribution in [2.75, 3.05) is 0 Å². The Labute approximate surface area is 134 Å². The fourth-order valence-electron chi connectivity index (χ4n) is 2.55. The predicted octanol–water partition coefficient (Wildman–Crippen LogP) is 5.51. The number of hydrogen-bond acceptors (Lipinski definition) is 1. The Kier molecular flexibility index (Phi) is 4.11. The first kappa shape index (κ1) is 14.3. The molecule has 3 rings (SSSR count). The van der Waals surface area contributed by atoms with E-state index in [0.717, 1.165) is 27.9 Å². The summed E-state index contributed by atoms with van der Waals surface area (Å²) >= 11 is 3.56. The molecule has 2 nitrogen and oxygen atoms in total. The molecular formula is C18H19BrN2. The number of benzene rings is 2. The molecule has 3 aromatic rings. The van der Waals surface area contributed by atoms with Crippen molar-refractivity contribution in [3.8, 4) is 11.4 Å². The lowest BCUT2D eigenvalue weighted by Gasteiger charge is -2.14. The van der Waals surface area contributed by atoms with Gasteiger partial charge >= 0.3 is 0 Å². The molecule has 0 aliphatic carbocycles. The minimum absolute atomic E-state index is 0.633. The average Bonchev–Trinajstić information content (AvgIpc) is 2.86. The van der Waals surface area contributed by atoms with Crippen molar-refractivity contribution in [1.29, 1.82) is 0 Å². The van der Waals surface area contributed by atoms with E-state index in [4.69, 9.17) is 4.98 Å². The summed E-state index contributed by atoms with van der Waals surface area (Å²) in [7, 11) is 0. The van der Waals surface area contributed by atoms with Crippen molar-refractivity contribution in [3.05, 3.63) is 53.0 Å². The molecule has 1 heterocycles. The van der Waals surface area contributed by atoms with Gasteiger partial charge in [-0.1, -0.05) is 60.5 Å². The van der Waals surface area contributed by atoms with Crippen LogP contribution in [-0.4, -0.2) is 9.55 Å². The van der Waals surface area contributed by atoms with Gasteiger partial charge < -0.3 is 4.57 Å². The van der Waals surface area contributed by atoms with Gasteiger partial charge in [-0.3, -0.25) is 0 Å². The third kappa shape index (κ3) is 2.88. The minimum Gasteiger partial charge on any atom is -0.324 e. The summed E-state index contributed by atoms with van der Waals surface area (Å²) in [6.45, 7) is 5.53. The van der Waals surface area contributed by atoms with Crippen molar-refractivity contribution in [2.45, 2.75) is 26.8 Å². The molecule has 2 aromatic carbocycles. The maximum Gasteiger partial charge on any atom is 0.141 e. The van der Waals surface area contributed by atoms with Crippen molar-refractivity contribution >= 4 is 27.0 Å². The molecule has 1 aromatic heterocycles. The number of imidazole rings is 1. The molecule has 0 radical (unpaired) electrons. The van der Waals surface area contributed by atoms with Crippen LogP contribution in [0.25, 0.3) is 22.4 Å². The summed E-state index contributed by atoms with van der Waals surface area (Å²) in [5.74, 6) is 1.69. The zero-order valence-corrected chi connectivity index (χ0v) is 14.0. The zero-order chi connectivity index (χ0) is 14.8. The number of fused-ring (bicyclic) bond motifs is 1. The summed E-state index contributed by atoms with van der Waals surface area (Å²) in [4.78, 5) is 4.85. The summed E-state index contributed by atoms with van der Waals surface area (Å²) in [5, 5.41) is 0. The number of nitrogens with zero attached hydrogens (tertiary/aromatic N) is 2. The topological polar surface area (TPSA) is 17.8 Å². The molecule has 0 aliphatic heterocycles. The molecule has 1 atom stereocenters. The standard InChI is InChI=1S/C18H19BrN2/c1-3-13(2)12-21-17-10-5-4-9-16(17)20-18(21)14-7-6-8-15(19)11-14/h4-11,13H,3,12H2,1-2H3. The van der Waals surface area contributed by atoms with Gasteiger partial charge in [-0.05, 0) is 30.2 Å². The van der Waals surface area contributed by atoms with Gasteiger partial charge in [-0.2, -0.15) is 0 Å². The van der Waals surface area contributed by atoms with Gasteiger partial charge in [0, 0.05) is 16.6 Å².